The van der Waals surface area contributed by atoms with Crippen LogP contribution in [0.2, 0.25) is 0 Å². The van der Waals surface area contributed by atoms with E-state index >= 15 is 0 Å². The predicted molar refractivity (Wildman–Crippen MR) is 206 cm³/mol. The van der Waals surface area contributed by atoms with Crippen LogP contribution in [0.1, 0.15) is 64.4 Å². The van der Waals surface area contributed by atoms with E-state index in [0.29, 0.717) is 71.5 Å². The number of nitrogens with zero attached hydrogens (tertiary/aromatic N) is 6. The SMILES string of the molecule is Cc1c(N=C(NN)c2ncc(CN3CC[C@@H](O)C3)cc2N)cccc1-c1cccc(-c2nc3cc4c(c(C#N)c3o2)CC[C@H]4N2CC[C@@H](C(=O)O)C2)c1C. The smallest absolute Gasteiger partial charge is 0.307 e. The number of carboxylic acid groups (broad SMARTS) is 1. The summed E-state index contributed by atoms with van der Waals surface area (Å²) in [6.45, 7) is 7.38. The number of oxazole rings is 1. The highest BCUT2D eigenvalue weighted by Gasteiger charge is 2.37. The molecule has 13 heteroatoms. The third-order valence-corrected chi connectivity index (χ3v) is 11.4. The van der Waals surface area contributed by atoms with E-state index in [1.54, 1.807) is 6.20 Å². The third-order valence-electron chi connectivity index (χ3n) is 11.4. The number of nitrogens with one attached hydrogen (secondary N) is 1. The first kappa shape index (κ1) is 35.4. The molecule has 13 nitrogen and oxygen atoms in total. The molecular weight excluding hydrogens is 683 g/mol. The number of carboxylic acids is 1. The normalized spacial score (nSPS) is 20.4. The average molecular weight is 726 g/mol. The van der Waals surface area contributed by atoms with E-state index in [0.717, 1.165) is 76.9 Å². The first-order valence-electron chi connectivity index (χ1n) is 18.4. The molecule has 0 spiro atoms. The Labute approximate surface area is 312 Å². The van der Waals surface area contributed by atoms with Gasteiger partial charge in [-0.3, -0.25) is 19.6 Å². The molecule has 4 heterocycles. The number of nitrogens with two attached hydrogens (primary N) is 2. The molecule has 0 radical (unpaired) electrons. The van der Waals surface area contributed by atoms with Gasteiger partial charge in [-0.1, -0.05) is 24.3 Å². The number of nitrogen functional groups attached to an aromatic ring is 1. The number of aromatic nitrogens is 2. The maximum atomic E-state index is 11.7. The van der Waals surface area contributed by atoms with Crippen LogP contribution in [0.15, 0.2) is 64.1 Å². The van der Waals surface area contributed by atoms with E-state index in [1.165, 1.54) is 0 Å². The summed E-state index contributed by atoms with van der Waals surface area (Å²) in [5.41, 5.74) is 20.0. The first-order valence-corrected chi connectivity index (χ1v) is 18.4. The van der Waals surface area contributed by atoms with Gasteiger partial charge in [0, 0.05) is 44.0 Å². The van der Waals surface area contributed by atoms with Gasteiger partial charge in [0.2, 0.25) is 5.89 Å². The lowest BCUT2D eigenvalue weighted by atomic mass is 9.93. The van der Waals surface area contributed by atoms with Gasteiger partial charge in [0.15, 0.2) is 11.4 Å². The highest BCUT2D eigenvalue weighted by atomic mass is 16.4. The van der Waals surface area contributed by atoms with Crippen LogP contribution < -0.4 is 17.0 Å². The number of anilines is 1. The third kappa shape index (κ3) is 6.37. The zero-order valence-electron chi connectivity index (χ0n) is 30.3. The number of amidine groups is 1. The van der Waals surface area contributed by atoms with E-state index in [-0.39, 0.29) is 18.1 Å². The molecule has 0 unspecified atom stereocenters. The molecule has 3 aromatic carbocycles. The van der Waals surface area contributed by atoms with Crippen LogP contribution in [0.4, 0.5) is 11.4 Å². The fourth-order valence-corrected chi connectivity index (χ4v) is 8.51. The Morgan fingerprint density at radius 2 is 1.85 bits per heavy atom. The minimum absolute atomic E-state index is 0.0566. The maximum absolute atomic E-state index is 11.7. The van der Waals surface area contributed by atoms with Crippen LogP contribution in [0.3, 0.4) is 0 Å². The van der Waals surface area contributed by atoms with Gasteiger partial charge in [0.1, 0.15) is 22.8 Å². The summed E-state index contributed by atoms with van der Waals surface area (Å²) in [6, 6.07) is 18.3. The van der Waals surface area contributed by atoms with E-state index < -0.39 is 5.97 Å². The standard InChI is InChI=1S/C41H43N9O4/c1-22-27(28-6-4-8-34(23(28)2)46-39(48-44)37-33(43)15-24(18-45-37)19-49-13-12-26(51)21-49)5-3-7-29(22)40-47-35-16-31-30(32(17-42)38(35)54-40)9-10-36(31)50-14-11-25(20-50)41(52)53/h3-8,15-16,18,25-26,36,51H,9-14,19-21,43-44H2,1-2H3,(H,46,48)(H,52,53)/t25-,26-,36-/m1/s1. The maximum Gasteiger partial charge on any atom is 0.307 e. The molecule has 0 saturated carbocycles. The van der Waals surface area contributed by atoms with Crippen LogP contribution in [0.25, 0.3) is 33.7 Å². The monoisotopic (exact) mass is 725 g/mol. The second-order valence-corrected chi connectivity index (χ2v) is 14.7. The van der Waals surface area contributed by atoms with Crippen molar-refractivity contribution >= 4 is 34.3 Å². The summed E-state index contributed by atoms with van der Waals surface area (Å²) in [7, 11) is 0. The number of pyridine rings is 1. The molecule has 276 valence electrons. The molecule has 2 saturated heterocycles. The summed E-state index contributed by atoms with van der Waals surface area (Å²) < 4.78 is 6.41. The van der Waals surface area contributed by atoms with Crippen molar-refractivity contribution in [2.45, 2.75) is 58.2 Å². The van der Waals surface area contributed by atoms with Crippen LogP contribution in [-0.4, -0.2) is 74.1 Å². The number of nitriles is 1. The van der Waals surface area contributed by atoms with Gasteiger partial charge < -0.3 is 25.8 Å². The molecule has 54 heavy (non-hydrogen) atoms. The van der Waals surface area contributed by atoms with Gasteiger partial charge in [0.05, 0.1) is 23.4 Å². The Balaban J connectivity index is 1.10. The van der Waals surface area contributed by atoms with Crippen molar-refractivity contribution in [1.29, 1.82) is 5.26 Å². The molecule has 1 aliphatic carbocycles. The number of aliphatic hydroxyl groups is 1. The molecule has 8 rings (SSSR count). The summed E-state index contributed by atoms with van der Waals surface area (Å²) in [5, 5.41) is 29.8. The molecule has 2 aliphatic heterocycles. The Morgan fingerprint density at radius 1 is 1.07 bits per heavy atom. The summed E-state index contributed by atoms with van der Waals surface area (Å²) in [6.07, 6.45) is 4.43. The number of hydrazine groups is 1. The number of rotatable bonds is 8. The average Bonchev–Trinajstić information content (AvgIpc) is 3.98. The molecule has 2 fully saturated rings. The molecule has 5 aromatic rings. The van der Waals surface area contributed by atoms with Crippen molar-refractivity contribution in [3.05, 3.63) is 93.8 Å². The number of aliphatic carboxylic acids is 1. The minimum Gasteiger partial charge on any atom is -0.481 e. The van der Waals surface area contributed by atoms with Crippen molar-refractivity contribution in [1.82, 2.24) is 25.2 Å². The van der Waals surface area contributed by atoms with E-state index in [1.807, 2.05) is 56.3 Å². The second kappa shape index (κ2) is 14.3. The molecule has 2 aromatic heterocycles. The van der Waals surface area contributed by atoms with Crippen molar-refractivity contribution in [2.75, 3.05) is 31.9 Å². The van der Waals surface area contributed by atoms with E-state index in [4.69, 9.17) is 26.0 Å². The largest absolute Gasteiger partial charge is 0.481 e. The molecule has 3 aliphatic rings. The number of hydrogen-bond donors (Lipinski definition) is 5. The van der Waals surface area contributed by atoms with Gasteiger partial charge in [-0.25, -0.2) is 15.8 Å². The number of hydrogen-bond acceptors (Lipinski definition) is 11. The lowest BCUT2D eigenvalue weighted by Gasteiger charge is -2.24. The topological polar surface area (TPSA) is 203 Å². The van der Waals surface area contributed by atoms with Gasteiger partial charge in [0.25, 0.3) is 0 Å². The van der Waals surface area contributed by atoms with E-state index in [9.17, 15) is 20.3 Å². The van der Waals surface area contributed by atoms with Crippen LogP contribution >= 0.6 is 0 Å². The first-order chi connectivity index (χ1) is 26.1. The van der Waals surface area contributed by atoms with Gasteiger partial charge in [-0.15, -0.1) is 0 Å². The quantitative estimate of drug-likeness (QED) is 0.0612. The van der Waals surface area contributed by atoms with E-state index in [2.05, 4.69) is 32.3 Å². The number of fused-ring (bicyclic) bond motifs is 2. The fourth-order valence-electron chi connectivity index (χ4n) is 8.51. The number of aliphatic imine (C=N–C) groups is 1. The number of β-amino-alcohol motifs (C(OH)–C–C–N with tert-alkyl or cyclic N) is 1. The molecule has 0 bridgehead atoms. The summed E-state index contributed by atoms with van der Waals surface area (Å²) >= 11 is 0. The van der Waals surface area contributed by atoms with Crippen molar-refractivity contribution in [2.24, 2.45) is 16.8 Å². The Bertz CT molecular complexity index is 2360. The summed E-state index contributed by atoms with van der Waals surface area (Å²) in [4.78, 5) is 30.5. The minimum atomic E-state index is -0.755. The van der Waals surface area contributed by atoms with Gasteiger partial charge in [-0.2, -0.15) is 5.26 Å². The lowest BCUT2D eigenvalue weighted by Crippen LogP contribution is -2.32. The second-order valence-electron chi connectivity index (χ2n) is 14.7. The van der Waals surface area contributed by atoms with Crippen LogP contribution in [-0.2, 0) is 17.8 Å². The van der Waals surface area contributed by atoms with Crippen molar-refractivity contribution in [3.63, 3.8) is 0 Å². The number of benzene rings is 3. The Morgan fingerprint density at radius 3 is 2.56 bits per heavy atom. The summed E-state index contributed by atoms with van der Waals surface area (Å²) in [5.74, 6) is 5.62. The predicted octanol–water partition coefficient (Wildman–Crippen LogP) is 5.13. The van der Waals surface area contributed by atoms with Gasteiger partial charge >= 0.3 is 5.97 Å². The van der Waals surface area contributed by atoms with Gasteiger partial charge in [-0.05, 0) is 109 Å². The van der Waals surface area contributed by atoms with Crippen LogP contribution in [0.5, 0.6) is 0 Å². The zero-order valence-corrected chi connectivity index (χ0v) is 30.3. The van der Waals surface area contributed by atoms with Crippen molar-refractivity contribution in [3.8, 4) is 28.7 Å². The molecule has 0 amide bonds. The highest BCUT2D eigenvalue weighted by Crippen LogP contribution is 2.44. The lowest BCUT2D eigenvalue weighted by molar-refractivity contribution is -0.141. The molecule has 7 N–H and O–H groups in total. The van der Waals surface area contributed by atoms with Crippen molar-refractivity contribution < 1.29 is 19.4 Å². The van der Waals surface area contributed by atoms with Crippen LogP contribution in [0, 0.1) is 31.1 Å². The highest BCUT2D eigenvalue weighted by molar-refractivity contribution is 6.02. The zero-order chi connectivity index (χ0) is 37.7. The number of aliphatic hydroxyl groups excluding tert-OH is 1. The fraction of sp³-hybridized carbons (Fsp3) is 0.341. The molecule has 3 atom stereocenters. The Hall–Kier alpha value is -5.65. The number of likely N-dealkylation sites (tertiary alicyclic amines) is 2. The Kier molecular flexibility index (Phi) is 9.37. The number of carbonyl (C=O) groups is 1. The molecular formula is C41H43N9O4.